The summed E-state index contributed by atoms with van der Waals surface area (Å²) < 4.78 is 0. The maximum atomic E-state index is 4.87. The van der Waals surface area contributed by atoms with Crippen LogP contribution >= 0.6 is 0 Å². The van der Waals surface area contributed by atoms with Gasteiger partial charge in [0.2, 0.25) is 5.95 Å². The summed E-state index contributed by atoms with van der Waals surface area (Å²) in [6, 6.07) is 17.8. The van der Waals surface area contributed by atoms with E-state index in [4.69, 9.17) is 4.98 Å². The monoisotopic (exact) mass is 415 g/mol. The second-order valence-corrected chi connectivity index (χ2v) is 9.00. The third-order valence-electron chi connectivity index (χ3n) is 6.68. The van der Waals surface area contributed by atoms with Crippen molar-refractivity contribution in [3.05, 3.63) is 60.3 Å². The Morgan fingerprint density at radius 3 is 2.61 bits per heavy atom. The third-order valence-corrected chi connectivity index (χ3v) is 6.68. The van der Waals surface area contributed by atoms with Gasteiger partial charge in [0.25, 0.3) is 0 Å². The van der Waals surface area contributed by atoms with Crippen molar-refractivity contribution >= 4 is 22.5 Å². The van der Waals surface area contributed by atoms with Gasteiger partial charge in [-0.3, -0.25) is 4.90 Å². The molecule has 1 unspecified atom stereocenters. The number of piperidine rings is 1. The van der Waals surface area contributed by atoms with Crippen LogP contribution in [0.2, 0.25) is 0 Å². The summed E-state index contributed by atoms with van der Waals surface area (Å²) in [6.45, 7) is 5.39. The summed E-state index contributed by atoms with van der Waals surface area (Å²) >= 11 is 0. The topological polar surface area (TPSA) is 44.3 Å². The van der Waals surface area contributed by atoms with Crippen LogP contribution in [0.15, 0.2) is 54.7 Å². The standard InChI is InChI=1S/C26H33N5/c1-2-6-18-31(17-5-1)25-14-15-27-26(29-25)28-23-12-8-16-30(20-23)19-22-11-7-10-21-9-3-4-13-24(21)22/h3-4,7,9-11,13-15,23H,1-2,5-6,8,12,16-20H2,(H,27,28,29). The molecule has 5 rings (SSSR count). The molecule has 0 amide bonds. The van der Waals surface area contributed by atoms with Gasteiger partial charge < -0.3 is 10.2 Å². The van der Waals surface area contributed by atoms with E-state index in [2.05, 4.69) is 68.6 Å². The molecule has 0 aliphatic carbocycles. The maximum absolute atomic E-state index is 4.87. The fourth-order valence-electron chi connectivity index (χ4n) is 5.07. The van der Waals surface area contributed by atoms with Crippen molar-refractivity contribution in [1.82, 2.24) is 14.9 Å². The predicted octanol–water partition coefficient (Wildman–Crippen LogP) is 5.09. The fourth-order valence-corrected chi connectivity index (χ4v) is 5.07. The van der Waals surface area contributed by atoms with E-state index < -0.39 is 0 Å². The quantitative estimate of drug-likeness (QED) is 0.629. The molecule has 2 fully saturated rings. The Hall–Kier alpha value is -2.66. The minimum Gasteiger partial charge on any atom is -0.356 e. The van der Waals surface area contributed by atoms with E-state index in [-0.39, 0.29) is 0 Å². The summed E-state index contributed by atoms with van der Waals surface area (Å²) in [6.07, 6.45) is 9.48. The zero-order chi connectivity index (χ0) is 20.9. The molecule has 0 saturated carbocycles. The first-order valence-electron chi connectivity index (χ1n) is 11.9. The number of hydrogen-bond donors (Lipinski definition) is 1. The maximum Gasteiger partial charge on any atom is 0.224 e. The molecule has 2 aliphatic heterocycles. The summed E-state index contributed by atoms with van der Waals surface area (Å²) in [7, 11) is 0. The minimum atomic E-state index is 0.392. The number of benzene rings is 2. The SMILES string of the molecule is c1ccc2c(CN3CCCC(Nc4nccc(N5CCCCCC5)n4)C3)cccc2c1. The Morgan fingerprint density at radius 1 is 0.871 bits per heavy atom. The van der Waals surface area contributed by atoms with Crippen molar-refractivity contribution < 1.29 is 0 Å². The van der Waals surface area contributed by atoms with Gasteiger partial charge in [0.05, 0.1) is 0 Å². The van der Waals surface area contributed by atoms with E-state index in [0.29, 0.717) is 6.04 Å². The lowest BCUT2D eigenvalue weighted by atomic mass is 10.0. The highest BCUT2D eigenvalue weighted by Crippen LogP contribution is 2.23. The molecule has 5 heteroatoms. The molecule has 1 atom stereocenters. The van der Waals surface area contributed by atoms with Gasteiger partial charge in [-0.1, -0.05) is 55.3 Å². The Balaban J connectivity index is 1.24. The molecule has 1 aromatic heterocycles. The first kappa shape index (κ1) is 20.3. The van der Waals surface area contributed by atoms with Gasteiger partial charge in [-0.25, -0.2) is 4.98 Å². The fraction of sp³-hybridized carbons (Fsp3) is 0.462. The highest BCUT2D eigenvalue weighted by atomic mass is 15.2. The van der Waals surface area contributed by atoms with Crippen molar-refractivity contribution in [3.63, 3.8) is 0 Å². The number of anilines is 2. The lowest BCUT2D eigenvalue weighted by Gasteiger charge is -2.33. The van der Waals surface area contributed by atoms with Gasteiger partial charge in [-0.15, -0.1) is 0 Å². The average molecular weight is 416 g/mol. The van der Waals surface area contributed by atoms with Crippen LogP contribution in [0.1, 0.15) is 44.1 Å². The zero-order valence-electron chi connectivity index (χ0n) is 18.3. The predicted molar refractivity (Wildman–Crippen MR) is 129 cm³/mol. The molecule has 3 aromatic rings. The minimum absolute atomic E-state index is 0.392. The van der Waals surface area contributed by atoms with Crippen molar-refractivity contribution in [2.24, 2.45) is 0 Å². The Labute approximate surface area is 185 Å². The number of nitrogens with one attached hydrogen (secondary N) is 1. The van der Waals surface area contributed by atoms with Crippen LogP contribution in [-0.4, -0.2) is 47.1 Å². The van der Waals surface area contributed by atoms with E-state index in [1.807, 2.05) is 6.20 Å². The molecule has 2 saturated heterocycles. The Morgan fingerprint density at radius 2 is 1.71 bits per heavy atom. The summed E-state index contributed by atoms with van der Waals surface area (Å²) in [5, 5.41) is 6.33. The van der Waals surface area contributed by atoms with Crippen LogP contribution in [0, 0.1) is 0 Å². The van der Waals surface area contributed by atoms with E-state index in [9.17, 15) is 0 Å². The number of rotatable bonds is 5. The summed E-state index contributed by atoms with van der Waals surface area (Å²) in [5.74, 6) is 1.85. The molecule has 162 valence electrons. The smallest absolute Gasteiger partial charge is 0.224 e. The van der Waals surface area contributed by atoms with Crippen LogP contribution in [0.3, 0.4) is 0 Å². The van der Waals surface area contributed by atoms with E-state index in [1.165, 1.54) is 54.9 Å². The van der Waals surface area contributed by atoms with Crippen LogP contribution in [0.5, 0.6) is 0 Å². The van der Waals surface area contributed by atoms with Crippen LogP contribution in [0.4, 0.5) is 11.8 Å². The number of nitrogens with zero attached hydrogens (tertiary/aromatic N) is 4. The molecular weight excluding hydrogens is 382 g/mol. The van der Waals surface area contributed by atoms with Crippen LogP contribution in [-0.2, 0) is 6.54 Å². The van der Waals surface area contributed by atoms with Gasteiger partial charge in [-0.05, 0) is 54.6 Å². The van der Waals surface area contributed by atoms with Crippen molar-refractivity contribution in [3.8, 4) is 0 Å². The largest absolute Gasteiger partial charge is 0.356 e. The lowest BCUT2D eigenvalue weighted by molar-refractivity contribution is 0.209. The molecule has 1 N–H and O–H groups in total. The van der Waals surface area contributed by atoms with Gasteiger partial charge in [0, 0.05) is 38.4 Å². The zero-order valence-corrected chi connectivity index (χ0v) is 18.3. The van der Waals surface area contributed by atoms with Crippen molar-refractivity contribution in [2.45, 2.75) is 51.1 Å². The Bertz CT molecular complexity index is 991. The molecule has 0 bridgehead atoms. The van der Waals surface area contributed by atoms with Crippen LogP contribution in [0.25, 0.3) is 10.8 Å². The Kier molecular flexibility index (Phi) is 6.30. The highest BCUT2D eigenvalue weighted by Gasteiger charge is 2.21. The second kappa shape index (κ2) is 9.65. The highest BCUT2D eigenvalue weighted by molar-refractivity contribution is 5.85. The van der Waals surface area contributed by atoms with E-state index in [1.54, 1.807) is 0 Å². The summed E-state index contributed by atoms with van der Waals surface area (Å²) in [5.41, 5.74) is 1.41. The molecular formula is C26H33N5. The third kappa shape index (κ3) is 4.99. The van der Waals surface area contributed by atoms with E-state index in [0.717, 1.165) is 44.5 Å². The van der Waals surface area contributed by atoms with Crippen LogP contribution < -0.4 is 10.2 Å². The number of fused-ring (bicyclic) bond motifs is 1. The molecule has 0 radical (unpaired) electrons. The lowest BCUT2D eigenvalue weighted by Crippen LogP contribution is -2.42. The first-order chi connectivity index (χ1) is 15.3. The number of hydrogen-bond acceptors (Lipinski definition) is 5. The first-order valence-corrected chi connectivity index (χ1v) is 11.9. The van der Waals surface area contributed by atoms with Gasteiger partial charge in [0.1, 0.15) is 5.82 Å². The van der Waals surface area contributed by atoms with Crippen molar-refractivity contribution in [1.29, 1.82) is 0 Å². The normalized spacial score (nSPS) is 20.5. The number of aromatic nitrogens is 2. The second-order valence-electron chi connectivity index (χ2n) is 9.00. The molecule has 3 heterocycles. The molecule has 2 aromatic carbocycles. The van der Waals surface area contributed by atoms with Gasteiger partial charge in [-0.2, -0.15) is 4.98 Å². The molecule has 5 nitrogen and oxygen atoms in total. The average Bonchev–Trinajstić information content (AvgIpc) is 3.10. The molecule has 0 spiro atoms. The van der Waals surface area contributed by atoms with E-state index >= 15 is 0 Å². The number of likely N-dealkylation sites (tertiary alicyclic amines) is 1. The molecule has 31 heavy (non-hydrogen) atoms. The van der Waals surface area contributed by atoms with Gasteiger partial charge in [0.15, 0.2) is 0 Å². The summed E-state index contributed by atoms with van der Waals surface area (Å²) in [4.78, 5) is 14.4. The molecule has 2 aliphatic rings. The van der Waals surface area contributed by atoms with Crippen molar-refractivity contribution in [2.75, 3.05) is 36.4 Å². The van der Waals surface area contributed by atoms with Gasteiger partial charge >= 0.3 is 0 Å².